The molecule has 2 heterocycles. The lowest BCUT2D eigenvalue weighted by atomic mass is 10.1. The predicted octanol–water partition coefficient (Wildman–Crippen LogP) is 6.23. The van der Waals surface area contributed by atoms with Gasteiger partial charge in [-0.3, -0.25) is 4.79 Å². The number of anilines is 2. The van der Waals surface area contributed by atoms with E-state index in [1.807, 2.05) is 36.4 Å². The van der Waals surface area contributed by atoms with Gasteiger partial charge in [0, 0.05) is 35.3 Å². The average molecular weight is 436 g/mol. The van der Waals surface area contributed by atoms with Crippen molar-refractivity contribution in [1.29, 1.82) is 0 Å². The van der Waals surface area contributed by atoms with Gasteiger partial charge < -0.3 is 15.0 Å². The minimum absolute atomic E-state index is 0.135. The van der Waals surface area contributed by atoms with E-state index in [-0.39, 0.29) is 5.91 Å². The van der Waals surface area contributed by atoms with Gasteiger partial charge in [0.25, 0.3) is 5.91 Å². The van der Waals surface area contributed by atoms with E-state index in [1.54, 1.807) is 23.5 Å². The summed E-state index contributed by atoms with van der Waals surface area (Å²) in [6.45, 7) is 5.01. The Hall–Kier alpha value is -2.86. The molecule has 0 aliphatic carbocycles. The SMILES string of the molecule is CCCCOc1ccc(C(=O)Nc2cccc(-c3csc(N4CCCCC4)n3)c2)cc1. The Labute approximate surface area is 188 Å². The first-order chi connectivity index (χ1) is 15.2. The zero-order valence-corrected chi connectivity index (χ0v) is 18.8. The molecule has 1 aromatic heterocycles. The first kappa shape index (κ1) is 21.4. The quantitative estimate of drug-likeness (QED) is 0.426. The molecule has 1 N–H and O–H groups in total. The molecule has 2 aromatic carbocycles. The second-order valence-electron chi connectivity index (χ2n) is 7.82. The maximum absolute atomic E-state index is 12.7. The highest BCUT2D eigenvalue weighted by Gasteiger charge is 2.15. The molecule has 1 saturated heterocycles. The molecule has 6 heteroatoms. The standard InChI is InChI=1S/C25H29N3O2S/c1-2-3-16-30-22-12-10-19(11-13-22)24(29)26-21-9-7-8-20(17-21)23-18-31-25(27-23)28-14-5-4-6-15-28/h7-13,17-18H,2-6,14-16H2,1H3,(H,26,29). The number of aromatic nitrogens is 1. The molecule has 1 amide bonds. The third-order valence-corrected chi connectivity index (χ3v) is 6.32. The third kappa shape index (κ3) is 5.64. The van der Waals surface area contributed by atoms with Crippen molar-refractivity contribution in [3.8, 4) is 17.0 Å². The molecule has 1 fully saturated rings. The van der Waals surface area contributed by atoms with Crippen LogP contribution in [0.2, 0.25) is 0 Å². The first-order valence-electron chi connectivity index (χ1n) is 11.1. The maximum Gasteiger partial charge on any atom is 0.255 e. The summed E-state index contributed by atoms with van der Waals surface area (Å²) in [7, 11) is 0. The highest BCUT2D eigenvalue weighted by atomic mass is 32.1. The van der Waals surface area contributed by atoms with Crippen molar-refractivity contribution in [2.75, 3.05) is 29.9 Å². The summed E-state index contributed by atoms with van der Waals surface area (Å²) in [5.41, 5.74) is 3.33. The number of benzene rings is 2. The molecule has 162 valence electrons. The van der Waals surface area contributed by atoms with E-state index in [9.17, 15) is 4.79 Å². The number of piperidine rings is 1. The summed E-state index contributed by atoms with van der Waals surface area (Å²) in [6.07, 6.45) is 5.91. The number of amides is 1. The van der Waals surface area contributed by atoms with Crippen molar-refractivity contribution in [1.82, 2.24) is 4.98 Å². The highest BCUT2D eigenvalue weighted by molar-refractivity contribution is 7.14. The van der Waals surface area contributed by atoms with Crippen LogP contribution in [-0.2, 0) is 0 Å². The van der Waals surface area contributed by atoms with Crippen LogP contribution in [-0.4, -0.2) is 30.6 Å². The number of carbonyl (C=O) groups excluding carboxylic acids is 1. The molecule has 0 spiro atoms. The predicted molar refractivity (Wildman–Crippen MR) is 128 cm³/mol. The topological polar surface area (TPSA) is 54.5 Å². The normalized spacial score (nSPS) is 13.8. The number of hydrogen-bond acceptors (Lipinski definition) is 5. The van der Waals surface area contributed by atoms with Gasteiger partial charge in [0.2, 0.25) is 0 Å². The number of hydrogen-bond donors (Lipinski definition) is 1. The van der Waals surface area contributed by atoms with Gasteiger partial charge in [0.15, 0.2) is 5.13 Å². The van der Waals surface area contributed by atoms with Crippen LogP contribution in [0.25, 0.3) is 11.3 Å². The fraction of sp³-hybridized carbons (Fsp3) is 0.360. The number of thiazole rings is 1. The zero-order chi connectivity index (χ0) is 21.5. The van der Waals surface area contributed by atoms with E-state index in [0.717, 1.165) is 53.8 Å². The van der Waals surface area contributed by atoms with Gasteiger partial charge in [-0.2, -0.15) is 0 Å². The molecule has 3 aromatic rings. The van der Waals surface area contributed by atoms with Crippen molar-refractivity contribution < 1.29 is 9.53 Å². The van der Waals surface area contributed by atoms with Crippen LogP contribution in [0.1, 0.15) is 49.4 Å². The first-order valence-corrected chi connectivity index (χ1v) is 12.0. The minimum Gasteiger partial charge on any atom is -0.494 e. The number of rotatable bonds is 8. The minimum atomic E-state index is -0.135. The monoisotopic (exact) mass is 435 g/mol. The van der Waals surface area contributed by atoms with Crippen LogP contribution in [0.5, 0.6) is 5.75 Å². The van der Waals surface area contributed by atoms with Crippen molar-refractivity contribution in [3.63, 3.8) is 0 Å². The molecule has 0 unspecified atom stereocenters. The van der Waals surface area contributed by atoms with E-state index in [1.165, 1.54) is 19.3 Å². The lowest BCUT2D eigenvalue weighted by Gasteiger charge is -2.25. The summed E-state index contributed by atoms with van der Waals surface area (Å²) in [6, 6.07) is 15.2. The molecule has 0 radical (unpaired) electrons. The lowest BCUT2D eigenvalue weighted by molar-refractivity contribution is 0.102. The van der Waals surface area contributed by atoms with Crippen molar-refractivity contribution in [3.05, 3.63) is 59.5 Å². The third-order valence-electron chi connectivity index (χ3n) is 5.42. The van der Waals surface area contributed by atoms with Crippen molar-refractivity contribution >= 4 is 28.1 Å². The fourth-order valence-electron chi connectivity index (χ4n) is 3.62. The molecule has 4 rings (SSSR count). The summed E-state index contributed by atoms with van der Waals surface area (Å²) in [5.74, 6) is 0.657. The van der Waals surface area contributed by atoms with Gasteiger partial charge >= 0.3 is 0 Å². The van der Waals surface area contributed by atoms with Gasteiger partial charge in [-0.25, -0.2) is 4.98 Å². The molecule has 0 saturated carbocycles. The summed E-state index contributed by atoms with van der Waals surface area (Å²) >= 11 is 1.69. The summed E-state index contributed by atoms with van der Waals surface area (Å²) in [5, 5.41) is 6.18. The van der Waals surface area contributed by atoms with Crippen LogP contribution >= 0.6 is 11.3 Å². The van der Waals surface area contributed by atoms with Crippen LogP contribution in [0.3, 0.4) is 0 Å². The Morgan fingerprint density at radius 3 is 2.71 bits per heavy atom. The number of nitrogens with zero attached hydrogens (tertiary/aromatic N) is 2. The van der Waals surface area contributed by atoms with Gasteiger partial charge in [-0.15, -0.1) is 11.3 Å². The Morgan fingerprint density at radius 1 is 1.13 bits per heavy atom. The van der Waals surface area contributed by atoms with Crippen molar-refractivity contribution in [2.24, 2.45) is 0 Å². The van der Waals surface area contributed by atoms with Crippen molar-refractivity contribution in [2.45, 2.75) is 39.0 Å². The second-order valence-corrected chi connectivity index (χ2v) is 8.66. The molecule has 5 nitrogen and oxygen atoms in total. The summed E-state index contributed by atoms with van der Waals surface area (Å²) < 4.78 is 5.67. The lowest BCUT2D eigenvalue weighted by Crippen LogP contribution is -2.29. The largest absolute Gasteiger partial charge is 0.494 e. The number of ether oxygens (including phenoxy) is 1. The van der Waals surface area contributed by atoms with Crippen LogP contribution in [0.4, 0.5) is 10.8 Å². The Morgan fingerprint density at radius 2 is 1.94 bits per heavy atom. The van der Waals surface area contributed by atoms with Gasteiger partial charge in [-0.05, 0) is 62.1 Å². The van der Waals surface area contributed by atoms with Crippen LogP contribution in [0.15, 0.2) is 53.9 Å². The smallest absolute Gasteiger partial charge is 0.255 e. The number of unbranched alkanes of at least 4 members (excludes halogenated alkanes) is 1. The highest BCUT2D eigenvalue weighted by Crippen LogP contribution is 2.30. The maximum atomic E-state index is 12.7. The van der Waals surface area contributed by atoms with Gasteiger partial charge in [0.1, 0.15) is 5.75 Å². The van der Waals surface area contributed by atoms with Crippen LogP contribution < -0.4 is 15.0 Å². The van der Waals surface area contributed by atoms with E-state index >= 15 is 0 Å². The van der Waals surface area contributed by atoms with E-state index in [4.69, 9.17) is 9.72 Å². The molecule has 1 aliphatic heterocycles. The number of carbonyl (C=O) groups is 1. The number of nitrogens with one attached hydrogen (secondary N) is 1. The molecule has 0 atom stereocenters. The Bertz CT molecular complexity index is 994. The molecule has 0 bridgehead atoms. The van der Waals surface area contributed by atoms with Gasteiger partial charge in [-0.1, -0.05) is 25.5 Å². The van der Waals surface area contributed by atoms with E-state index < -0.39 is 0 Å². The summed E-state index contributed by atoms with van der Waals surface area (Å²) in [4.78, 5) is 19.9. The van der Waals surface area contributed by atoms with E-state index in [0.29, 0.717) is 12.2 Å². The fourth-order valence-corrected chi connectivity index (χ4v) is 4.51. The average Bonchev–Trinajstić information content (AvgIpc) is 3.31. The van der Waals surface area contributed by atoms with Crippen LogP contribution in [0, 0.1) is 0 Å². The Balaban J connectivity index is 1.40. The zero-order valence-electron chi connectivity index (χ0n) is 18.0. The molecular formula is C25H29N3O2S. The molecule has 31 heavy (non-hydrogen) atoms. The Kier molecular flexibility index (Phi) is 7.20. The van der Waals surface area contributed by atoms with E-state index in [2.05, 4.69) is 22.5 Å². The van der Waals surface area contributed by atoms with Gasteiger partial charge in [0.05, 0.1) is 12.3 Å². The molecule has 1 aliphatic rings. The molecular weight excluding hydrogens is 406 g/mol. The second kappa shape index (κ2) is 10.4.